The average molecular weight is 292 g/mol. The smallest absolute Gasteiger partial charge is 0.123 e. The molecular formula is C18H29FN2. The van der Waals surface area contributed by atoms with E-state index in [2.05, 4.69) is 37.3 Å². The molecule has 1 N–H and O–H groups in total. The monoisotopic (exact) mass is 292 g/mol. The van der Waals surface area contributed by atoms with E-state index in [-0.39, 0.29) is 17.4 Å². The van der Waals surface area contributed by atoms with Gasteiger partial charge in [-0.2, -0.15) is 0 Å². The molecule has 118 valence electrons. The highest BCUT2D eigenvalue weighted by atomic mass is 19.1. The number of nitrogens with one attached hydrogen (secondary N) is 1. The van der Waals surface area contributed by atoms with E-state index in [1.54, 1.807) is 6.07 Å². The summed E-state index contributed by atoms with van der Waals surface area (Å²) in [4.78, 5) is 2.37. The van der Waals surface area contributed by atoms with Gasteiger partial charge in [0.2, 0.25) is 0 Å². The topological polar surface area (TPSA) is 15.3 Å². The first-order valence-electron chi connectivity index (χ1n) is 8.26. The molecule has 1 unspecified atom stereocenters. The van der Waals surface area contributed by atoms with Gasteiger partial charge in [-0.3, -0.25) is 0 Å². The second-order valence-corrected chi connectivity index (χ2v) is 6.46. The second-order valence-electron chi connectivity index (χ2n) is 6.46. The summed E-state index contributed by atoms with van der Waals surface area (Å²) in [7, 11) is 4.35. The maximum Gasteiger partial charge on any atom is 0.123 e. The molecule has 1 aliphatic rings. The van der Waals surface area contributed by atoms with Crippen LogP contribution in [0.1, 0.15) is 57.1 Å². The summed E-state index contributed by atoms with van der Waals surface area (Å²) in [6.45, 7) is 3.03. The highest BCUT2D eigenvalue weighted by molar-refractivity contribution is 5.25. The average Bonchev–Trinajstić information content (AvgIpc) is 2.71. The fourth-order valence-corrected chi connectivity index (χ4v) is 3.84. The fraction of sp³-hybridized carbons (Fsp3) is 0.667. The molecule has 0 saturated heterocycles. The van der Waals surface area contributed by atoms with E-state index in [0.29, 0.717) is 0 Å². The minimum Gasteiger partial charge on any atom is -0.309 e. The minimum absolute atomic E-state index is 0.0836. The Morgan fingerprint density at radius 3 is 2.38 bits per heavy atom. The molecule has 0 radical (unpaired) electrons. The molecule has 0 amide bonds. The highest BCUT2D eigenvalue weighted by Crippen LogP contribution is 2.41. The fourth-order valence-electron chi connectivity index (χ4n) is 3.84. The molecule has 1 aromatic rings. The predicted octanol–water partition coefficient (Wildman–Crippen LogP) is 4.13. The van der Waals surface area contributed by atoms with Gasteiger partial charge >= 0.3 is 0 Å². The van der Waals surface area contributed by atoms with Crippen LogP contribution in [-0.2, 0) is 0 Å². The summed E-state index contributed by atoms with van der Waals surface area (Å²) in [6, 6.07) is 7.30. The summed E-state index contributed by atoms with van der Waals surface area (Å²) in [5.74, 6) is -0.141. The van der Waals surface area contributed by atoms with Crippen LogP contribution in [0.15, 0.2) is 24.3 Å². The van der Waals surface area contributed by atoms with Crippen molar-refractivity contribution in [1.82, 2.24) is 10.2 Å². The normalized spacial score (nSPS) is 20.2. The largest absolute Gasteiger partial charge is 0.309 e. The van der Waals surface area contributed by atoms with Gasteiger partial charge in [0, 0.05) is 5.54 Å². The summed E-state index contributed by atoms with van der Waals surface area (Å²) >= 11 is 0. The van der Waals surface area contributed by atoms with Crippen LogP contribution in [0.3, 0.4) is 0 Å². The van der Waals surface area contributed by atoms with Gasteiger partial charge in [0.25, 0.3) is 0 Å². The molecule has 0 bridgehead atoms. The molecule has 0 heterocycles. The zero-order valence-electron chi connectivity index (χ0n) is 13.7. The Morgan fingerprint density at radius 1 is 1.19 bits per heavy atom. The van der Waals surface area contributed by atoms with Crippen molar-refractivity contribution in [2.45, 2.75) is 57.0 Å². The Kier molecular flexibility index (Phi) is 5.77. The van der Waals surface area contributed by atoms with Gasteiger partial charge in [0.05, 0.1) is 6.04 Å². The van der Waals surface area contributed by atoms with E-state index in [4.69, 9.17) is 0 Å². The number of likely N-dealkylation sites (N-methyl/N-ethyl adjacent to an activating group) is 2. The molecule has 3 heteroatoms. The molecule has 0 aromatic heterocycles. The van der Waals surface area contributed by atoms with Gasteiger partial charge in [0.15, 0.2) is 0 Å². The highest BCUT2D eigenvalue weighted by Gasteiger charge is 2.41. The molecule has 21 heavy (non-hydrogen) atoms. The van der Waals surface area contributed by atoms with Crippen molar-refractivity contribution in [3.8, 4) is 0 Å². The molecule has 1 saturated carbocycles. The van der Waals surface area contributed by atoms with Crippen molar-refractivity contribution in [2.24, 2.45) is 0 Å². The number of hydrogen-bond donors (Lipinski definition) is 1. The summed E-state index contributed by atoms with van der Waals surface area (Å²) < 4.78 is 13.7. The van der Waals surface area contributed by atoms with Crippen LogP contribution in [0.4, 0.5) is 4.39 Å². The zero-order chi connectivity index (χ0) is 15.3. The standard InChI is InChI=1S/C18H29FN2/c1-4-20-17(15-10-9-11-16(19)14-15)18(21(2)3)12-7-5-6-8-13-18/h9-11,14,17,20H,4-8,12-13H2,1-3H3. The molecule has 2 nitrogen and oxygen atoms in total. The van der Waals surface area contributed by atoms with Crippen LogP contribution in [0.25, 0.3) is 0 Å². The van der Waals surface area contributed by atoms with Crippen LogP contribution in [0, 0.1) is 5.82 Å². The Labute approximate surface area is 128 Å². The van der Waals surface area contributed by atoms with Crippen LogP contribution in [0.2, 0.25) is 0 Å². The maximum absolute atomic E-state index is 13.7. The molecule has 1 fully saturated rings. The second kappa shape index (κ2) is 7.37. The van der Waals surface area contributed by atoms with Crippen LogP contribution in [-0.4, -0.2) is 31.1 Å². The van der Waals surface area contributed by atoms with E-state index >= 15 is 0 Å². The number of rotatable bonds is 5. The van der Waals surface area contributed by atoms with Crippen molar-refractivity contribution in [3.05, 3.63) is 35.6 Å². The number of hydrogen-bond acceptors (Lipinski definition) is 2. The molecular weight excluding hydrogens is 263 g/mol. The van der Waals surface area contributed by atoms with Crippen molar-refractivity contribution < 1.29 is 4.39 Å². The lowest BCUT2D eigenvalue weighted by molar-refractivity contribution is 0.0806. The van der Waals surface area contributed by atoms with Gasteiger partial charge in [0.1, 0.15) is 5.82 Å². The lowest BCUT2D eigenvalue weighted by atomic mass is 9.78. The predicted molar refractivity (Wildman–Crippen MR) is 86.9 cm³/mol. The third-order valence-corrected chi connectivity index (χ3v) is 4.99. The lowest BCUT2D eigenvalue weighted by Gasteiger charge is -2.46. The maximum atomic E-state index is 13.7. The molecule has 1 aromatic carbocycles. The van der Waals surface area contributed by atoms with E-state index < -0.39 is 0 Å². The van der Waals surface area contributed by atoms with Crippen molar-refractivity contribution in [3.63, 3.8) is 0 Å². The first kappa shape index (κ1) is 16.4. The van der Waals surface area contributed by atoms with E-state index in [1.165, 1.54) is 44.6 Å². The van der Waals surface area contributed by atoms with Crippen LogP contribution < -0.4 is 5.32 Å². The zero-order valence-corrected chi connectivity index (χ0v) is 13.7. The van der Waals surface area contributed by atoms with Crippen LogP contribution >= 0.6 is 0 Å². The quantitative estimate of drug-likeness (QED) is 0.821. The van der Waals surface area contributed by atoms with E-state index in [9.17, 15) is 4.39 Å². The van der Waals surface area contributed by atoms with Crippen molar-refractivity contribution in [2.75, 3.05) is 20.6 Å². The Hall–Kier alpha value is -0.930. The van der Waals surface area contributed by atoms with Crippen LogP contribution in [0.5, 0.6) is 0 Å². The Balaban J connectivity index is 2.40. The van der Waals surface area contributed by atoms with Gasteiger partial charge in [-0.05, 0) is 51.2 Å². The number of halogens is 1. The summed E-state index contributed by atoms with van der Waals surface area (Å²) in [6.07, 6.45) is 7.50. The van der Waals surface area contributed by atoms with Crippen molar-refractivity contribution in [1.29, 1.82) is 0 Å². The molecule has 2 rings (SSSR count). The first-order chi connectivity index (χ1) is 10.1. The molecule has 1 atom stereocenters. The van der Waals surface area contributed by atoms with Gasteiger partial charge in [-0.1, -0.05) is 44.7 Å². The molecule has 1 aliphatic carbocycles. The first-order valence-corrected chi connectivity index (χ1v) is 8.26. The molecule has 0 aliphatic heterocycles. The van der Waals surface area contributed by atoms with E-state index in [1.807, 2.05) is 6.07 Å². The lowest BCUT2D eigenvalue weighted by Crippen LogP contribution is -2.53. The third kappa shape index (κ3) is 3.64. The summed E-state index contributed by atoms with van der Waals surface area (Å²) in [5, 5.41) is 3.64. The molecule has 0 spiro atoms. The number of nitrogens with zero attached hydrogens (tertiary/aromatic N) is 1. The minimum atomic E-state index is -0.141. The van der Waals surface area contributed by atoms with E-state index in [0.717, 1.165) is 12.1 Å². The van der Waals surface area contributed by atoms with Gasteiger partial charge in [-0.25, -0.2) is 4.39 Å². The Bertz CT molecular complexity index is 437. The SMILES string of the molecule is CCNC(c1cccc(F)c1)C1(N(C)C)CCCCCC1. The van der Waals surface area contributed by atoms with Crippen molar-refractivity contribution >= 4 is 0 Å². The third-order valence-electron chi connectivity index (χ3n) is 4.99. The van der Waals surface area contributed by atoms with Gasteiger partial charge in [-0.15, -0.1) is 0 Å². The number of benzene rings is 1. The summed E-state index contributed by atoms with van der Waals surface area (Å²) in [5.41, 5.74) is 1.16. The Morgan fingerprint density at radius 2 is 1.86 bits per heavy atom. The van der Waals surface area contributed by atoms with Gasteiger partial charge < -0.3 is 10.2 Å².